The van der Waals surface area contributed by atoms with E-state index < -0.39 is 0 Å². The number of benzene rings is 1. The molecule has 0 saturated heterocycles. The van der Waals surface area contributed by atoms with E-state index in [2.05, 4.69) is 20.9 Å². The van der Waals surface area contributed by atoms with Gasteiger partial charge in [0.05, 0.1) is 4.88 Å². The van der Waals surface area contributed by atoms with Crippen molar-refractivity contribution in [3.8, 4) is 10.4 Å². The van der Waals surface area contributed by atoms with Crippen LogP contribution in [0.4, 0.5) is 4.39 Å². The largest absolute Gasteiger partial charge is 0.325 e. The summed E-state index contributed by atoms with van der Waals surface area (Å²) in [6.07, 6.45) is 0. The summed E-state index contributed by atoms with van der Waals surface area (Å²) < 4.78 is 13.9. The second-order valence-electron chi connectivity index (χ2n) is 3.40. The summed E-state index contributed by atoms with van der Waals surface area (Å²) in [4.78, 5) is 5.26. The van der Waals surface area contributed by atoms with Gasteiger partial charge in [0.15, 0.2) is 0 Å². The molecule has 0 spiro atoms. The second kappa shape index (κ2) is 4.61. The van der Waals surface area contributed by atoms with Gasteiger partial charge in [0, 0.05) is 6.54 Å². The van der Waals surface area contributed by atoms with Crippen molar-refractivity contribution in [3.63, 3.8) is 0 Å². The molecule has 2 nitrogen and oxygen atoms in total. The number of aryl methyl sites for hydroxylation is 1. The molecule has 1 aromatic carbocycles. The smallest absolute Gasteiger partial charge is 0.126 e. The lowest BCUT2D eigenvalue weighted by molar-refractivity contribution is 0.619. The lowest BCUT2D eigenvalue weighted by atomic mass is 10.1. The first-order chi connectivity index (χ1) is 7.61. The number of hydrogen-bond acceptors (Lipinski definition) is 3. The monoisotopic (exact) mass is 300 g/mol. The van der Waals surface area contributed by atoms with Crippen LogP contribution in [0.15, 0.2) is 22.8 Å². The van der Waals surface area contributed by atoms with Crippen molar-refractivity contribution in [3.05, 3.63) is 39.2 Å². The van der Waals surface area contributed by atoms with Crippen LogP contribution in [0.2, 0.25) is 0 Å². The molecule has 2 aromatic rings. The van der Waals surface area contributed by atoms with E-state index in [1.54, 1.807) is 13.0 Å². The fourth-order valence-electron chi connectivity index (χ4n) is 1.39. The van der Waals surface area contributed by atoms with Gasteiger partial charge in [0.1, 0.15) is 15.4 Å². The Balaban J connectivity index is 2.49. The zero-order valence-electron chi connectivity index (χ0n) is 8.63. The van der Waals surface area contributed by atoms with Crippen LogP contribution in [0, 0.1) is 12.7 Å². The zero-order chi connectivity index (χ0) is 11.7. The van der Waals surface area contributed by atoms with Gasteiger partial charge in [0.2, 0.25) is 0 Å². The van der Waals surface area contributed by atoms with Gasteiger partial charge in [-0.3, -0.25) is 0 Å². The molecule has 84 valence electrons. The minimum atomic E-state index is -0.191. The predicted octanol–water partition coefficient (Wildman–Crippen LogP) is 3.48. The first-order valence-corrected chi connectivity index (χ1v) is 6.34. The summed E-state index contributed by atoms with van der Waals surface area (Å²) in [6.45, 7) is 2.17. The minimum absolute atomic E-state index is 0.191. The molecule has 0 bridgehead atoms. The van der Waals surface area contributed by atoms with E-state index in [1.807, 2.05) is 6.07 Å². The first kappa shape index (κ1) is 11.7. The zero-order valence-corrected chi connectivity index (χ0v) is 11.0. The van der Waals surface area contributed by atoms with Gasteiger partial charge < -0.3 is 5.73 Å². The maximum atomic E-state index is 13.1. The van der Waals surface area contributed by atoms with E-state index in [0.29, 0.717) is 12.1 Å². The van der Waals surface area contributed by atoms with Crippen LogP contribution in [0.3, 0.4) is 0 Å². The van der Waals surface area contributed by atoms with Gasteiger partial charge in [0.25, 0.3) is 0 Å². The highest BCUT2D eigenvalue weighted by Crippen LogP contribution is 2.34. The first-order valence-electron chi connectivity index (χ1n) is 4.73. The van der Waals surface area contributed by atoms with Gasteiger partial charge in [-0.05, 0) is 46.1 Å². The average Bonchev–Trinajstić information content (AvgIpc) is 2.64. The van der Waals surface area contributed by atoms with Crippen molar-refractivity contribution < 1.29 is 4.39 Å². The SMILES string of the molecule is Cc1cc(-c2sc(CN)nc2Br)ccc1F. The van der Waals surface area contributed by atoms with E-state index >= 15 is 0 Å². The Hall–Kier alpha value is -0.780. The highest BCUT2D eigenvalue weighted by molar-refractivity contribution is 9.10. The summed E-state index contributed by atoms with van der Waals surface area (Å²) >= 11 is 4.91. The quantitative estimate of drug-likeness (QED) is 0.922. The molecule has 1 heterocycles. The van der Waals surface area contributed by atoms with Crippen molar-refractivity contribution in [2.24, 2.45) is 5.73 Å². The lowest BCUT2D eigenvalue weighted by Gasteiger charge is -2.00. The summed E-state index contributed by atoms with van der Waals surface area (Å²) in [5, 5.41) is 0.865. The molecule has 5 heteroatoms. The topological polar surface area (TPSA) is 38.9 Å². The molecule has 1 aromatic heterocycles. The van der Waals surface area contributed by atoms with Crippen molar-refractivity contribution >= 4 is 27.3 Å². The summed E-state index contributed by atoms with van der Waals surface area (Å²) in [5.41, 5.74) is 7.12. The maximum absolute atomic E-state index is 13.1. The van der Waals surface area contributed by atoms with Crippen molar-refractivity contribution in [1.82, 2.24) is 4.98 Å². The van der Waals surface area contributed by atoms with Crippen molar-refractivity contribution in [2.75, 3.05) is 0 Å². The standard InChI is InChI=1S/C11H10BrFN2S/c1-6-4-7(2-3-8(6)13)10-11(12)15-9(5-14)16-10/h2-4H,5,14H2,1H3. The van der Waals surface area contributed by atoms with Gasteiger partial charge in [-0.1, -0.05) is 6.07 Å². The fraction of sp³-hybridized carbons (Fsp3) is 0.182. The molecule has 16 heavy (non-hydrogen) atoms. The van der Waals surface area contributed by atoms with Crippen LogP contribution < -0.4 is 5.73 Å². The second-order valence-corrected chi connectivity index (χ2v) is 5.23. The minimum Gasteiger partial charge on any atom is -0.325 e. The van der Waals surface area contributed by atoms with E-state index in [4.69, 9.17) is 5.73 Å². The Morgan fingerprint density at radius 1 is 1.50 bits per heavy atom. The number of rotatable bonds is 2. The summed E-state index contributed by atoms with van der Waals surface area (Å²) in [5.74, 6) is -0.191. The molecule has 0 radical (unpaired) electrons. The third-order valence-corrected chi connectivity index (χ3v) is 4.19. The highest BCUT2D eigenvalue weighted by Gasteiger charge is 2.11. The molecule has 0 unspecified atom stereocenters. The van der Waals surface area contributed by atoms with Gasteiger partial charge in [-0.2, -0.15) is 0 Å². The Morgan fingerprint density at radius 3 is 2.81 bits per heavy atom. The normalized spacial score (nSPS) is 10.8. The van der Waals surface area contributed by atoms with Gasteiger partial charge in [-0.25, -0.2) is 9.37 Å². The van der Waals surface area contributed by atoms with Crippen LogP contribution in [-0.2, 0) is 6.54 Å². The van der Waals surface area contributed by atoms with Crippen LogP contribution in [-0.4, -0.2) is 4.98 Å². The number of nitrogens with two attached hydrogens (primary N) is 1. The fourth-order valence-corrected chi connectivity index (χ4v) is 3.03. The maximum Gasteiger partial charge on any atom is 0.126 e. The predicted molar refractivity (Wildman–Crippen MR) is 67.8 cm³/mol. The van der Waals surface area contributed by atoms with E-state index in [1.165, 1.54) is 17.4 Å². The highest BCUT2D eigenvalue weighted by atomic mass is 79.9. The number of nitrogens with zero attached hydrogens (tertiary/aromatic N) is 1. The molecule has 0 fully saturated rings. The molecular weight excluding hydrogens is 291 g/mol. The van der Waals surface area contributed by atoms with Gasteiger partial charge in [-0.15, -0.1) is 11.3 Å². The Kier molecular flexibility index (Phi) is 3.37. The molecule has 0 atom stereocenters. The molecule has 0 saturated carbocycles. The van der Waals surface area contributed by atoms with Gasteiger partial charge >= 0.3 is 0 Å². The number of hydrogen-bond donors (Lipinski definition) is 1. The molecule has 0 aliphatic heterocycles. The van der Waals surface area contributed by atoms with E-state index in [9.17, 15) is 4.39 Å². The van der Waals surface area contributed by atoms with Crippen LogP contribution >= 0.6 is 27.3 Å². The lowest BCUT2D eigenvalue weighted by Crippen LogP contribution is -1.93. The number of halogens is 2. The molecular formula is C11H10BrFN2S. The Labute approximate surface area is 105 Å². The Morgan fingerprint density at radius 2 is 2.25 bits per heavy atom. The van der Waals surface area contributed by atoms with Crippen molar-refractivity contribution in [1.29, 1.82) is 0 Å². The van der Waals surface area contributed by atoms with E-state index in [-0.39, 0.29) is 5.82 Å². The number of aromatic nitrogens is 1. The summed E-state index contributed by atoms with van der Waals surface area (Å²) in [6, 6.07) is 5.04. The Bertz CT molecular complexity index is 525. The third kappa shape index (κ3) is 2.16. The molecule has 0 aliphatic rings. The summed E-state index contributed by atoms with van der Waals surface area (Å²) in [7, 11) is 0. The molecule has 0 aliphatic carbocycles. The third-order valence-electron chi connectivity index (χ3n) is 2.22. The molecule has 2 rings (SSSR count). The van der Waals surface area contributed by atoms with Crippen LogP contribution in [0.5, 0.6) is 0 Å². The van der Waals surface area contributed by atoms with E-state index in [0.717, 1.165) is 20.1 Å². The van der Waals surface area contributed by atoms with Crippen molar-refractivity contribution in [2.45, 2.75) is 13.5 Å². The molecule has 2 N–H and O–H groups in total. The average molecular weight is 301 g/mol. The van der Waals surface area contributed by atoms with Crippen LogP contribution in [0.25, 0.3) is 10.4 Å². The number of thiazole rings is 1. The van der Waals surface area contributed by atoms with Crippen LogP contribution in [0.1, 0.15) is 10.6 Å². The molecule has 0 amide bonds.